The van der Waals surface area contributed by atoms with Gasteiger partial charge in [-0.15, -0.1) is 11.3 Å². The highest BCUT2D eigenvalue weighted by Gasteiger charge is 2.20. The molecule has 0 aliphatic rings. The molecule has 0 unspecified atom stereocenters. The predicted octanol–water partition coefficient (Wildman–Crippen LogP) is 2.17. The number of benzene rings is 1. The van der Waals surface area contributed by atoms with Crippen molar-refractivity contribution in [3.63, 3.8) is 0 Å². The molecule has 2 rings (SSSR count). The summed E-state index contributed by atoms with van der Waals surface area (Å²) in [6, 6.07) is 3.45. The van der Waals surface area contributed by atoms with Crippen molar-refractivity contribution in [3.05, 3.63) is 39.3 Å². The summed E-state index contributed by atoms with van der Waals surface area (Å²) in [5.41, 5.74) is 8.48. The Hall–Kier alpha value is -1.44. The van der Waals surface area contributed by atoms with Crippen LogP contribution in [0.5, 0.6) is 0 Å². The van der Waals surface area contributed by atoms with Gasteiger partial charge in [0.05, 0.1) is 15.6 Å². The van der Waals surface area contributed by atoms with Crippen molar-refractivity contribution in [3.8, 4) is 0 Å². The van der Waals surface area contributed by atoms with Gasteiger partial charge in [0.15, 0.2) is 0 Å². The molecule has 0 saturated heterocycles. The van der Waals surface area contributed by atoms with Crippen LogP contribution >= 0.6 is 11.3 Å². The number of thiazole rings is 1. The Morgan fingerprint density at radius 1 is 1.29 bits per heavy atom. The lowest BCUT2D eigenvalue weighted by molar-refractivity contribution is 0.580. The number of hydrogen-bond acceptors (Lipinski definition) is 5. The van der Waals surface area contributed by atoms with Gasteiger partial charge in [-0.2, -0.15) is 0 Å². The largest absolute Gasteiger partial charge is 0.398 e. The van der Waals surface area contributed by atoms with Crippen LogP contribution in [-0.4, -0.2) is 19.9 Å². The van der Waals surface area contributed by atoms with Gasteiger partial charge in [-0.05, 0) is 38.0 Å². The lowest BCUT2D eigenvalue weighted by Crippen LogP contribution is -2.27. The number of nitrogens with one attached hydrogen (secondary N) is 1. The zero-order valence-electron chi connectivity index (χ0n) is 12.3. The number of hydrogen-bond donors (Lipinski definition) is 2. The lowest BCUT2D eigenvalue weighted by atomic mass is 10.1. The van der Waals surface area contributed by atoms with E-state index in [2.05, 4.69) is 9.71 Å². The van der Waals surface area contributed by atoms with E-state index in [0.29, 0.717) is 29.8 Å². The van der Waals surface area contributed by atoms with Crippen LogP contribution in [0.4, 0.5) is 5.69 Å². The molecule has 5 nitrogen and oxygen atoms in total. The molecule has 0 bridgehead atoms. The summed E-state index contributed by atoms with van der Waals surface area (Å²) in [5, 5.41) is 2.93. The van der Waals surface area contributed by atoms with E-state index in [0.717, 1.165) is 10.7 Å². The Morgan fingerprint density at radius 2 is 2.00 bits per heavy atom. The molecule has 0 amide bonds. The number of rotatable bonds is 5. The summed E-state index contributed by atoms with van der Waals surface area (Å²) in [5.74, 6) is 0. The van der Waals surface area contributed by atoms with E-state index >= 15 is 0 Å². The van der Waals surface area contributed by atoms with Crippen molar-refractivity contribution < 1.29 is 8.42 Å². The normalized spacial score (nSPS) is 11.8. The summed E-state index contributed by atoms with van der Waals surface area (Å²) in [7, 11) is -3.56. The lowest BCUT2D eigenvalue weighted by Gasteiger charge is -2.13. The van der Waals surface area contributed by atoms with E-state index in [4.69, 9.17) is 5.73 Å². The molecule has 0 aliphatic heterocycles. The minimum absolute atomic E-state index is 0.275. The number of nitrogens with zero attached hydrogens (tertiary/aromatic N) is 1. The average molecular weight is 325 g/mol. The van der Waals surface area contributed by atoms with Crippen molar-refractivity contribution in [1.82, 2.24) is 9.71 Å². The van der Waals surface area contributed by atoms with Gasteiger partial charge >= 0.3 is 0 Å². The van der Waals surface area contributed by atoms with Gasteiger partial charge in [-0.1, -0.05) is 6.07 Å². The molecule has 1 aromatic heterocycles. The second kappa shape index (κ2) is 6.13. The summed E-state index contributed by atoms with van der Waals surface area (Å²) in [6.45, 7) is 5.74. The maximum Gasteiger partial charge on any atom is 0.241 e. The molecule has 0 radical (unpaired) electrons. The molecule has 3 N–H and O–H groups in total. The highest BCUT2D eigenvalue weighted by molar-refractivity contribution is 7.89. The molecule has 1 aromatic carbocycles. The molecule has 0 spiro atoms. The third-order valence-electron chi connectivity index (χ3n) is 3.25. The molecule has 0 aliphatic carbocycles. The fraction of sp³-hybridized carbons (Fsp3) is 0.357. The quantitative estimate of drug-likeness (QED) is 0.825. The van der Waals surface area contributed by atoms with Gasteiger partial charge in [0.2, 0.25) is 10.0 Å². The van der Waals surface area contributed by atoms with Crippen molar-refractivity contribution in [2.75, 3.05) is 12.3 Å². The van der Waals surface area contributed by atoms with Crippen LogP contribution in [0.3, 0.4) is 0 Å². The van der Waals surface area contributed by atoms with Crippen LogP contribution in [0.25, 0.3) is 0 Å². The Morgan fingerprint density at radius 3 is 2.62 bits per heavy atom. The molecule has 0 saturated carbocycles. The van der Waals surface area contributed by atoms with Crippen molar-refractivity contribution in [2.45, 2.75) is 32.1 Å². The molecule has 21 heavy (non-hydrogen) atoms. The minimum atomic E-state index is -3.56. The summed E-state index contributed by atoms with van der Waals surface area (Å²) < 4.78 is 27.5. The monoisotopic (exact) mass is 325 g/mol. The molecular formula is C14H19N3O2S2. The molecule has 114 valence electrons. The Labute approximate surface area is 129 Å². The van der Waals surface area contributed by atoms with Gasteiger partial charge < -0.3 is 5.73 Å². The first-order valence-electron chi connectivity index (χ1n) is 6.57. The van der Waals surface area contributed by atoms with Crippen LogP contribution in [-0.2, 0) is 16.4 Å². The minimum Gasteiger partial charge on any atom is -0.398 e. The number of aromatic nitrogens is 1. The van der Waals surface area contributed by atoms with Crippen LogP contribution in [0, 0.1) is 20.8 Å². The van der Waals surface area contributed by atoms with Crippen molar-refractivity contribution in [1.29, 1.82) is 0 Å². The molecule has 7 heteroatoms. The Bertz CT molecular complexity index is 752. The smallest absolute Gasteiger partial charge is 0.241 e. The van der Waals surface area contributed by atoms with Crippen molar-refractivity contribution >= 4 is 27.0 Å². The number of aryl methyl sites for hydroxylation is 2. The van der Waals surface area contributed by atoms with E-state index in [1.165, 1.54) is 0 Å². The summed E-state index contributed by atoms with van der Waals surface area (Å²) in [4.78, 5) is 4.59. The second-order valence-electron chi connectivity index (χ2n) is 4.93. The Balaban J connectivity index is 2.14. The molecule has 0 fully saturated rings. The number of anilines is 1. The average Bonchev–Trinajstić information content (AvgIpc) is 2.80. The maximum atomic E-state index is 12.4. The first kappa shape index (κ1) is 15.9. The number of nitrogens with two attached hydrogens (primary N) is 1. The van der Waals surface area contributed by atoms with Gasteiger partial charge in [0.1, 0.15) is 0 Å². The standard InChI is InChI=1S/C14H19N3O2S2/c1-9-4-5-13(15)10(2)14(9)21(18,19)16-7-6-12-8-20-11(3)17-12/h4-5,8,16H,6-7,15H2,1-3H3. The third kappa shape index (κ3) is 3.61. The van der Waals surface area contributed by atoms with E-state index in [9.17, 15) is 8.42 Å². The fourth-order valence-corrected chi connectivity index (χ4v) is 4.34. The van der Waals surface area contributed by atoms with Crippen molar-refractivity contribution in [2.24, 2.45) is 0 Å². The van der Waals surface area contributed by atoms with Gasteiger partial charge in [-0.25, -0.2) is 18.1 Å². The zero-order valence-corrected chi connectivity index (χ0v) is 13.9. The number of nitrogen functional groups attached to an aromatic ring is 1. The first-order valence-corrected chi connectivity index (χ1v) is 8.94. The van der Waals surface area contributed by atoms with Crippen LogP contribution < -0.4 is 10.5 Å². The third-order valence-corrected chi connectivity index (χ3v) is 5.83. The second-order valence-corrected chi connectivity index (χ2v) is 7.70. The highest BCUT2D eigenvalue weighted by atomic mass is 32.2. The fourth-order valence-electron chi connectivity index (χ4n) is 2.16. The first-order chi connectivity index (χ1) is 9.81. The Kier molecular flexibility index (Phi) is 4.65. The predicted molar refractivity (Wildman–Crippen MR) is 86.1 cm³/mol. The van der Waals surface area contributed by atoms with Crippen LogP contribution in [0.2, 0.25) is 0 Å². The van der Waals surface area contributed by atoms with Gasteiger partial charge in [0, 0.05) is 24.0 Å². The highest BCUT2D eigenvalue weighted by Crippen LogP contribution is 2.24. The van der Waals surface area contributed by atoms with Gasteiger partial charge in [0.25, 0.3) is 0 Å². The summed E-state index contributed by atoms with van der Waals surface area (Å²) in [6.07, 6.45) is 0.573. The summed E-state index contributed by atoms with van der Waals surface area (Å²) >= 11 is 1.56. The number of sulfonamides is 1. The van der Waals surface area contributed by atoms with E-state index in [1.807, 2.05) is 12.3 Å². The van der Waals surface area contributed by atoms with Crippen LogP contribution in [0.15, 0.2) is 22.4 Å². The van der Waals surface area contributed by atoms with E-state index < -0.39 is 10.0 Å². The molecular weight excluding hydrogens is 306 g/mol. The zero-order chi connectivity index (χ0) is 15.6. The van der Waals surface area contributed by atoms with Crippen LogP contribution in [0.1, 0.15) is 21.8 Å². The van der Waals surface area contributed by atoms with E-state index in [1.54, 1.807) is 37.3 Å². The van der Waals surface area contributed by atoms with Gasteiger partial charge in [-0.3, -0.25) is 0 Å². The SMILES string of the molecule is Cc1nc(CCNS(=O)(=O)c2c(C)ccc(N)c2C)cs1. The van der Waals surface area contributed by atoms with E-state index in [-0.39, 0.29) is 4.90 Å². The molecule has 0 atom stereocenters. The molecule has 2 aromatic rings. The molecule has 1 heterocycles. The maximum absolute atomic E-state index is 12.4. The topological polar surface area (TPSA) is 85.1 Å².